The number of nitrogens with zero attached hydrogens (tertiary/aromatic N) is 1. The van der Waals surface area contributed by atoms with Crippen LogP contribution in [-0.4, -0.2) is 42.5 Å². The predicted molar refractivity (Wildman–Crippen MR) is 75.7 cm³/mol. The summed E-state index contributed by atoms with van der Waals surface area (Å²) in [6.45, 7) is 8.32. The van der Waals surface area contributed by atoms with Crippen molar-refractivity contribution in [3.05, 3.63) is 34.9 Å². The molecule has 1 saturated heterocycles. The zero-order valence-corrected chi connectivity index (χ0v) is 12.1. The molecule has 1 aromatic carbocycles. The highest BCUT2D eigenvalue weighted by Crippen LogP contribution is 2.26. The predicted octanol–water partition coefficient (Wildman–Crippen LogP) is 2.01. The van der Waals surface area contributed by atoms with Gasteiger partial charge in [-0.05, 0) is 31.0 Å². The summed E-state index contributed by atoms with van der Waals surface area (Å²) < 4.78 is 10.8. The molecule has 0 radical (unpaired) electrons. The lowest BCUT2D eigenvalue weighted by Gasteiger charge is -2.39. The maximum Gasteiger partial charge on any atom is 0.182 e. The van der Waals surface area contributed by atoms with Gasteiger partial charge in [0, 0.05) is 18.7 Å². The number of carbonyl (C=O) groups is 1. The second kappa shape index (κ2) is 5.28. The zero-order valence-electron chi connectivity index (χ0n) is 12.1. The van der Waals surface area contributed by atoms with E-state index in [1.54, 1.807) is 0 Å². The number of hydrogen-bond donors (Lipinski definition) is 0. The monoisotopic (exact) mass is 275 g/mol. The Bertz CT molecular complexity index is 518. The second-order valence-electron chi connectivity index (χ2n) is 5.96. The number of hydrogen-bond acceptors (Lipinski definition) is 4. The molecule has 4 nitrogen and oxygen atoms in total. The minimum absolute atomic E-state index is 0.175. The van der Waals surface area contributed by atoms with Crippen molar-refractivity contribution >= 4 is 5.78 Å². The van der Waals surface area contributed by atoms with E-state index in [0.29, 0.717) is 26.4 Å². The summed E-state index contributed by atoms with van der Waals surface area (Å²) in [7, 11) is 0. The summed E-state index contributed by atoms with van der Waals surface area (Å²) in [6.07, 6.45) is 0. The SMILES string of the molecule is CC(C)(C(=O)c1ccc2c(c1)COC2)N1CCOCC1. The van der Waals surface area contributed by atoms with Gasteiger partial charge in [-0.1, -0.05) is 12.1 Å². The van der Waals surface area contributed by atoms with Gasteiger partial charge in [-0.15, -0.1) is 0 Å². The molecule has 0 unspecified atom stereocenters. The molecule has 3 rings (SSSR count). The lowest BCUT2D eigenvalue weighted by Crippen LogP contribution is -2.54. The first-order valence-corrected chi connectivity index (χ1v) is 7.16. The number of fused-ring (bicyclic) bond motifs is 1. The smallest absolute Gasteiger partial charge is 0.182 e. The van der Waals surface area contributed by atoms with Crippen LogP contribution in [0.1, 0.15) is 35.3 Å². The summed E-state index contributed by atoms with van der Waals surface area (Å²) in [5.74, 6) is 0.175. The first-order chi connectivity index (χ1) is 9.59. The molecule has 0 bridgehead atoms. The van der Waals surface area contributed by atoms with Crippen LogP contribution in [0.25, 0.3) is 0 Å². The average Bonchev–Trinajstić information content (AvgIpc) is 2.94. The maximum atomic E-state index is 12.8. The highest BCUT2D eigenvalue weighted by Gasteiger charge is 2.36. The first kappa shape index (κ1) is 13.7. The molecule has 4 heteroatoms. The van der Waals surface area contributed by atoms with Crippen molar-refractivity contribution < 1.29 is 14.3 Å². The van der Waals surface area contributed by atoms with Crippen LogP contribution in [0.2, 0.25) is 0 Å². The van der Waals surface area contributed by atoms with E-state index >= 15 is 0 Å². The number of benzene rings is 1. The molecule has 2 aliphatic heterocycles. The van der Waals surface area contributed by atoms with Gasteiger partial charge in [-0.2, -0.15) is 0 Å². The van der Waals surface area contributed by atoms with Gasteiger partial charge in [0.05, 0.1) is 32.0 Å². The zero-order chi connectivity index (χ0) is 14.2. The van der Waals surface area contributed by atoms with Crippen molar-refractivity contribution in [1.29, 1.82) is 0 Å². The molecule has 0 saturated carbocycles. The number of rotatable bonds is 3. The van der Waals surface area contributed by atoms with Gasteiger partial charge in [0.15, 0.2) is 5.78 Å². The Labute approximate surface area is 119 Å². The van der Waals surface area contributed by atoms with Crippen molar-refractivity contribution in [2.75, 3.05) is 26.3 Å². The Morgan fingerprint density at radius 2 is 1.80 bits per heavy atom. The highest BCUT2D eigenvalue weighted by atomic mass is 16.5. The number of Topliss-reactive ketones (excluding diaryl/α,β-unsaturated/α-hetero) is 1. The van der Waals surface area contributed by atoms with E-state index in [0.717, 1.165) is 24.2 Å². The molecule has 0 aromatic heterocycles. The van der Waals surface area contributed by atoms with Crippen LogP contribution in [0.5, 0.6) is 0 Å². The lowest BCUT2D eigenvalue weighted by atomic mass is 9.89. The number of morpholine rings is 1. The van der Waals surface area contributed by atoms with E-state index in [4.69, 9.17) is 9.47 Å². The van der Waals surface area contributed by atoms with Gasteiger partial charge < -0.3 is 9.47 Å². The van der Waals surface area contributed by atoms with E-state index in [1.807, 2.05) is 32.0 Å². The summed E-state index contributed by atoms with van der Waals surface area (Å²) in [6, 6.07) is 5.94. The topological polar surface area (TPSA) is 38.8 Å². The number of ether oxygens (including phenoxy) is 2. The number of ketones is 1. The second-order valence-corrected chi connectivity index (χ2v) is 5.96. The van der Waals surface area contributed by atoms with E-state index < -0.39 is 5.54 Å². The van der Waals surface area contributed by atoms with Gasteiger partial charge in [0.1, 0.15) is 0 Å². The first-order valence-electron chi connectivity index (χ1n) is 7.16. The minimum atomic E-state index is -0.489. The van der Waals surface area contributed by atoms with Crippen molar-refractivity contribution in [2.24, 2.45) is 0 Å². The van der Waals surface area contributed by atoms with Gasteiger partial charge in [-0.3, -0.25) is 9.69 Å². The molecule has 20 heavy (non-hydrogen) atoms. The molecule has 1 fully saturated rings. The Morgan fingerprint density at radius 3 is 2.55 bits per heavy atom. The lowest BCUT2D eigenvalue weighted by molar-refractivity contribution is -0.00430. The molecular weight excluding hydrogens is 254 g/mol. The Balaban J connectivity index is 1.83. The molecule has 2 heterocycles. The number of carbonyl (C=O) groups excluding carboxylic acids is 1. The van der Waals surface area contributed by atoms with Crippen molar-refractivity contribution in [3.8, 4) is 0 Å². The molecule has 1 aromatic rings. The Hall–Kier alpha value is -1.23. The van der Waals surface area contributed by atoms with Gasteiger partial charge >= 0.3 is 0 Å². The average molecular weight is 275 g/mol. The summed E-state index contributed by atoms with van der Waals surface area (Å²) in [4.78, 5) is 15.1. The van der Waals surface area contributed by atoms with Crippen LogP contribution >= 0.6 is 0 Å². The molecule has 2 aliphatic rings. The molecule has 0 spiro atoms. The minimum Gasteiger partial charge on any atom is -0.379 e. The van der Waals surface area contributed by atoms with Gasteiger partial charge in [-0.25, -0.2) is 0 Å². The quantitative estimate of drug-likeness (QED) is 0.791. The molecule has 0 atom stereocenters. The van der Waals surface area contributed by atoms with Crippen molar-refractivity contribution in [2.45, 2.75) is 32.6 Å². The molecule has 0 N–H and O–H groups in total. The third-order valence-electron chi connectivity index (χ3n) is 4.34. The molecular formula is C16H21NO3. The molecule has 0 aliphatic carbocycles. The van der Waals surface area contributed by atoms with Crippen LogP contribution in [0.4, 0.5) is 0 Å². The van der Waals surface area contributed by atoms with Crippen LogP contribution < -0.4 is 0 Å². The standard InChI is InChI=1S/C16H21NO3/c1-16(2,17-5-7-19-8-6-17)15(18)12-3-4-13-10-20-11-14(13)9-12/h3-4,9H,5-8,10-11H2,1-2H3. The van der Waals surface area contributed by atoms with Gasteiger partial charge in [0.25, 0.3) is 0 Å². The van der Waals surface area contributed by atoms with E-state index in [9.17, 15) is 4.79 Å². The largest absolute Gasteiger partial charge is 0.379 e. The van der Waals surface area contributed by atoms with Gasteiger partial charge in [0.2, 0.25) is 0 Å². The molecule has 108 valence electrons. The summed E-state index contributed by atoms with van der Waals surface area (Å²) >= 11 is 0. The van der Waals surface area contributed by atoms with Crippen LogP contribution in [0, 0.1) is 0 Å². The highest BCUT2D eigenvalue weighted by molar-refractivity contribution is 6.02. The van der Waals surface area contributed by atoms with Crippen LogP contribution in [-0.2, 0) is 22.7 Å². The Kier molecular flexibility index (Phi) is 3.63. The fourth-order valence-corrected chi connectivity index (χ4v) is 2.93. The van der Waals surface area contributed by atoms with E-state index in [-0.39, 0.29) is 5.78 Å². The van der Waals surface area contributed by atoms with Crippen molar-refractivity contribution in [3.63, 3.8) is 0 Å². The van der Waals surface area contributed by atoms with Crippen LogP contribution in [0.15, 0.2) is 18.2 Å². The maximum absolute atomic E-state index is 12.8. The van der Waals surface area contributed by atoms with E-state index in [1.165, 1.54) is 5.56 Å². The van der Waals surface area contributed by atoms with Crippen LogP contribution in [0.3, 0.4) is 0 Å². The fraction of sp³-hybridized carbons (Fsp3) is 0.562. The van der Waals surface area contributed by atoms with Crippen molar-refractivity contribution in [1.82, 2.24) is 4.90 Å². The molecule has 0 amide bonds. The third-order valence-corrected chi connectivity index (χ3v) is 4.34. The Morgan fingerprint density at radius 1 is 1.10 bits per heavy atom. The van der Waals surface area contributed by atoms with E-state index in [2.05, 4.69) is 4.90 Å². The summed E-state index contributed by atoms with van der Waals surface area (Å²) in [5.41, 5.74) is 2.64. The third kappa shape index (κ3) is 2.39. The fourth-order valence-electron chi connectivity index (χ4n) is 2.93. The normalized spacial score (nSPS) is 19.9. The summed E-state index contributed by atoms with van der Waals surface area (Å²) in [5, 5.41) is 0.